The average molecular weight is 289 g/mol. The van der Waals surface area contributed by atoms with Crippen molar-refractivity contribution in [3.63, 3.8) is 0 Å². The van der Waals surface area contributed by atoms with Crippen molar-refractivity contribution in [2.75, 3.05) is 18.9 Å². The summed E-state index contributed by atoms with van der Waals surface area (Å²) >= 11 is 0. The fourth-order valence-corrected chi connectivity index (χ4v) is 2.49. The van der Waals surface area contributed by atoms with Crippen molar-refractivity contribution >= 4 is 17.5 Å². The Kier molecular flexibility index (Phi) is 4.50. The van der Waals surface area contributed by atoms with E-state index in [-0.39, 0.29) is 17.9 Å². The van der Waals surface area contributed by atoms with E-state index in [4.69, 9.17) is 0 Å². The molecule has 0 fully saturated rings. The van der Waals surface area contributed by atoms with Gasteiger partial charge in [-0.15, -0.1) is 0 Å². The molecule has 2 amide bonds. The van der Waals surface area contributed by atoms with E-state index < -0.39 is 5.41 Å². The first-order valence-electron chi connectivity index (χ1n) is 7.28. The number of amides is 2. The zero-order chi connectivity index (χ0) is 15.5. The number of carbonyl (C=O) groups excluding carboxylic acids is 2. The molecule has 1 atom stereocenters. The lowest BCUT2D eigenvalue weighted by atomic mass is 9.92. The molecule has 114 valence electrons. The van der Waals surface area contributed by atoms with E-state index in [1.54, 1.807) is 7.05 Å². The van der Waals surface area contributed by atoms with Gasteiger partial charge in [-0.1, -0.05) is 18.2 Å². The number of nitrogens with one attached hydrogen (secondary N) is 3. The summed E-state index contributed by atoms with van der Waals surface area (Å²) in [5, 5.41) is 8.76. The number of hydrogen-bond acceptors (Lipinski definition) is 3. The Hall–Kier alpha value is -2.04. The van der Waals surface area contributed by atoms with Gasteiger partial charge in [0.1, 0.15) is 6.04 Å². The lowest BCUT2D eigenvalue weighted by Gasteiger charge is -2.28. The third kappa shape index (κ3) is 3.54. The molecule has 5 nitrogen and oxygen atoms in total. The summed E-state index contributed by atoms with van der Waals surface area (Å²) in [4.78, 5) is 24.0. The van der Waals surface area contributed by atoms with Crippen LogP contribution in [0.4, 0.5) is 5.69 Å². The van der Waals surface area contributed by atoms with Crippen molar-refractivity contribution in [3.8, 4) is 0 Å². The Morgan fingerprint density at radius 3 is 2.76 bits per heavy atom. The average Bonchev–Trinajstić information content (AvgIpc) is 2.51. The third-order valence-electron chi connectivity index (χ3n) is 3.91. The van der Waals surface area contributed by atoms with E-state index in [1.807, 2.05) is 32.0 Å². The highest BCUT2D eigenvalue weighted by atomic mass is 16.2. The Labute approximate surface area is 125 Å². The van der Waals surface area contributed by atoms with Gasteiger partial charge in [-0.3, -0.25) is 9.59 Å². The maximum absolute atomic E-state index is 12.3. The molecule has 5 heteroatoms. The molecule has 21 heavy (non-hydrogen) atoms. The van der Waals surface area contributed by atoms with E-state index in [1.165, 1.54) is 5.56 Å². The van der Waals surface area contributed by atoms with Crippen LogP contribution >= 0.6 is 0 Å². The second-order valence-electron chi connectivity index (χ2n) is 6.07. The van der Waals surface area contributed by atoms with Gasteiger partial charge in [-0.2, -0.15) is 0 Å². The maximum atomic E-state index is 12.3. The van der Waals surface area contributed by atoms with E-state index in [0.29, 0.717) is 6.54 Å². The predicted octanol–water partition coefficient (Wildman–Crippen LogP) is 1.30. The molecule has 0 radical (unpaired) electrons. The van der Waals surface area contributed by atoms with E-state index in [0.717, 1.165) is 18.5 Å². The Balaban J connectivity index is 1.92. The second kappa shape index (κ2) is 6.16. The third-order valence-corrected chi connectivity index (χ3v) is 3.91. The summed E-state index contributed by atoms with van der Waals surface area (Å²) in [6, 6.07) is 7.79. The standard InChI is InChI=1S/C16H23N3O2/c1-16(2,15(21)17-3)10-18-14(20)13-9-8-11-6-4-5-7-12(11)19-13/h4-7,13,19H,8-10H2,1-3H3,(H,17,21)(H,18,20). The maximum Gasteiger partial charge on any atom is 0.242 e. The van der Waals surface area contributed by atoms with Crippen LogP contribution in [0.3, 0.4) is 0 Å². The van der Waals surface area contributed by atoms with Crippen molar-refractivity contribution in [2.24, 2.45) is 5.41 Å². The number of aryl methyl sites for hydroxylation is 1. The van der Waals surface area contributed by atoms with Gasteiger partial charge in [0.05, 0.1) is 5.41 Å². The van der Waals surface area contributed by atoms with Crippen molar-refractivity contribution in [3.05, 3.63) is 29.8 Å². The minimum atomic E-state index is -0.614. The summed E-state index contributed by atoms with van der Waals surface area (Å²) in [5.74, 6) is -0.133. The summed E-state index contributed by atoms with van der Waals surface area (Å²) in [5.41, 5.74) is 1.65. The summed E-state index contributed by atoms with van der Waals surface area (Å²) in [6.45, 7) is 3.96. The summed E-state index contributed by atoms with van der Waals surface area (Å²) in [7, 11) is 1.60. The Morgan fingerprint density at radius 1 is 1.33 bits per heavy atom. The van der Waals surface area contributed by atoms with Crippen LogP contribution < -0.4 is 16.0 Å². The molecule has 0 aromatic heterocycles. The molecule has 0 saturated carbocycles. The van der Waals surface area contributed by atoms with Crippen molar-refractivity contribution in [2.45, 2.75) is 32.7 Å². The van der Waals surface area contributed by atoms with Gasteiger partial charge in [0.25, 0.3) is 0 Å². The predicted molar refractivity (Wildman–Crippen MR) is 83.0 cm³/mol. The highest BCUT2D eigenvalue weighted by molar-refractivity contribution is 5.87. The van der Waals surface area contributed by atoms with E-state index in [2.05, 4.69) is 22.0 Å². The fourth-order valence-electron chi connectivity index (χ4n) is 2.49. The molecule has 0 bridgehead atoms. The molecule has 0 saturated heterocycles. The van der Waals surface area contributed by atoms with Gasteiger partial charge in [-0.25, -0.2) is 0 Å². The first kappa shape index (κ1) is 15.4. The summed E-state index contributed by atoms with van der Waals surface area (Å²) < 4.78 is 0. The quantitative estimate of drug-likeness (QED) is 0.782. The molecule has 1 aliphatic rings. The molecular weight excluding hydrogens is 266 g/mol. The largest absolute Gasteiger partial charge is 0.373 e. The Morgan fingerprint density at radius 2 is 2.05 bits per heavy atom. The normalized spacial score (nSPS) is 17.4. The van der Waals surface area contributed by atoms with Gasteiger partial charge in [0.15, 0.2) is 0 Å². The Bertz CT molecular complexity index is 540. The number of fused-ring (bicyclic) bond motifs is 1. The monoisotopic (exact) mass is 289 g/mol. The van der Waals surface area contributed by atoms with Crippen LogP contribution in [0.15, 0.2) is 24.3 Å². The molecule has 1 unspecified atom stereocenters. The molecule has 1 aromatic rings. The molecule has 1 aromatic carbocycles. The highest BCUT2D eigenvalue weighted by Crippen LogP contribution is 2.24. The molecule has 0 spiro atoms. The highest BCUT2D eigenvalue weighted by Gasteiger charge is 2.29. The molecule has 0 aliphatic carbocycles. The SMILES string of the molecule is CNC(=O)C(C)(C)CNC(=O)C1CCc2ccccc2N1. The van der Waals surface area contributed by atoms with E-state index >= 15 is 0 Å². The van der Waals surface area contributed by atoms with Crippen LogP contribution in [-0.2, 0) is 16.0 Å². The van der Waals surface area contributed by atoms with E-state index in [9.17, 15) is 9.59 Å². The van der Waals surface area contributed by atoms with Crippen LogP contribution in [0.25, 0.3) is 0 Å². The van der Waals surface area contributed by atoms with Crippen molar-refractivity contribution in [1.29, 1.82) is 0 Å². The fraction of sp³-hybridized carbons (Fsp3) is 0.500. The van der Waals surface area contributed by atoms with Crippen molar-refractivity contribution < 1.29 is 9.59 Å². The van der Waals surface area contributed by atoms with Gasteiger partial charge in [-0.05, 0) is 38.3 Å². The minimum absolute atomic E-state index is 0.0542. The molecule has 2 rings (SSSR count). The van der Waals surface area contributed by atoms with Crippen LogP contribution in [0.2, 0.25) is 0 Å². The lowest BCUT2D eigenvalue weighted by Crippen LogP contribution is -2.48. The number of carbonyl (C=O) groups is 2. The molecule has 1 aliphatic heterocycles. The molecule has 1 heterocycles. The van der Waals surface area contributed by atoms with Crippen LogP contribution in [0, 0.1) is 5.41 Å². The lowest BCUT2D eigenvalue weighted by molar-refractivity contribution is -0.129. The zero-order valence-electron chi connectivity index (χ0n) is 12.8. The van der Waals surface area contributed by atoms with Crippen molar-refractivity contribution in [1.82, 2.24) is 10.6 Å². The number of anilines is 1. The summed E-state index contributed by atoms with van der Waals surface area (Å²) in [6.07, 6.45) is 1.66. The first-order valence-corrected chi connectivity index (χ1v) is 7.28. The van der Waals surface area contributed by atoms with Crippen LogP contribution in [0.1, 0.15) is 25.8 Å². The zero-order valence-corrected chi connectivity index (χ0v) is 12.8. The molecular formula is C16H23N3O2. The number of para-hydroxylation sites is 1. The smallest absolute Gasteiger partial charge is 0.242 e. The number of rotatable bonds is 4. The van der Waals surface area contributed by atoms with Crippen LogP contribution in [-0.4, -0.2) is 31.4 Å². The first-order chi connectivity index (χ1) is 9.94. The number of benzene rings is 1. The topological polar surface area (TPSA) is 70.2 Å². The minimum Gasteiger partial charge on any atom is -0.373 e. The second-order valence-corrected chi connectivity index (χ2v) is 6.07. The van der Waals surface area contributed by atoms with Gasteiger partial charge in [0.2, 0.25) is 11.8 Å². The van der Waals surface area contributed by atoms with Gasteiger partial charge in [0, 0.05) is 19.3 Å². The van der Waals surface area contributed by atoms with Gasteiger partial charge < -0.3 is 16.0 Å². The van der Waals surface area contributed by atoms with Crippen LogP contribution in [0.5, 0.6) is 0 Å². The number of hydrogen-bond donors (Lipinski definition) is 3. The molecule has 3 N–H and O–H groups in total. The van der Waals surface area contributed by atoms with Gasteiger partial charge >= 0.3 is 0 Å².